The largest absolute Gasteiger partial charge is 0.368 e. The number of carbonyl (C=O) groups is 3. The van der Waals surface area contributed by atoms with E-state index in [2.05, 4.69) is 62.2 Å². The molecule has 0 aliphatic carbocycles. The Bertz CT molecular complexity index is 1840. The number of allylic oxidation sites excluding steroid dienone is 2. The van der Waals surface area contributed by atoms with Gasteiger partial charge < -0.3 is 30.0 Å². The van der Waals surface area contributed by atoms with Gasteiger partial charge in [-0.25, -0.2) is 0 Å². The van der Waals surface area contributed by atoms with Crippen LogP contribution in [0.5, 0.6) is 0 Å². The molecule has 47 heavy (non-hydrogen) atoms. The summed E-state index contributed by atoms with van der Waals surface area (Å²) in [5.74, 6) is 0.276. The number of likely N-dealkylation sites (N-methyl/N-ethyl adjacent to an activating group) is 1. The van der Waals surface area contributed by atoms with Crippen molar-refractivity contribution >= 4 is 34.2 Å². The Balaban J connectivity index is 1.29. The summed E-state index contributed by atoms with van der Waals surface area (Å²) in [5.41, 5.74) is 5.56. The van der Waals surface area contributed by atoms with Gasteiger partial charge in [-0.05, 0) is 73.9 Å². The fourth-order valence-corrected chi connectivity index (χ4v) is 6.60. The minimum absolute atomic E-state index is 0.128. The van der Waals surface area contributed by atoms with Gasteiger partial charge in [0.05, 0.1) is 0 Å². The van der Waals surface area contributed by atoms with Crippen molar-refractivity contribution < 1.29 is 14.4 Å². The van der Waals surface area contributed by atoms with Crippen LogP contribution in [0.15, 0.2) is 65.4 Å². The van der Waals surface area contributed by atoms with Gasteiger partial charge in [0.1, 0.15) is 5.82 Å². The minimum atomic E-state index is -0.288. The van der Waals surface area contributed by atoms with Crippen molar-refractivity contribution in [2.75, 3.05) is 46.3 Å². The number of aryl methyl sites for hydroxylation is 3. The van der Waals surface area contributed by atoms with Gasteiger partial charge in [-0.3, -0.25) is 24.1 Å². The van der Waals surface area contributed by atoms with Crippen molar-refractivity contribution in [1.82, 2.24) is 34.9 Å². The lowest BCUT2D eigenvalue weighted by molar-refractivity contribution is -0.136. The zero-order valence-electron chi connectivity index (χ0n) is 27.4. The maximum atomic E-state index is 13.9. The quantitative estimate of drug-likeness (QED) is 0.277. The van der Waals surface area contributed by atoms with Crippen molar-refractivity contribution in [3.05, 3.63) is 98.9 Å². The van der Waals surface area contributed by atoms with E-state index in [1.165, 1.54) is 17.1 Å². The number of dihydropyridines is 1. The second-order valence-corrected chi connectivity index (χ2v) is 12.6. The van der Waals surface area contributed by atoms with Gasteiger partial charge in [0.15, 0.2) is 0 Å². The van der Waals surface area contributed by atoms with Crippen molar-refractivity contribution in [3.63, 3.8) is 0 Å². The highest BCUT2D eigenvalue weighted by atomic mass is 16.2. The van der Waals surface area contributed by atoms with Crippen LogP contribution in [-0.2, 0) is 29.1 Å². The van der Waals surface area contributed by atoms with E-state index in [-0.39, 0.29) is 29.8 Å². The lowest BCUT2D eigenvalue weighted by Gasteiger charge is -2.36. The first-order valence-corrected chi connectivity index (χ1v) is 16.5. The number of pyridine rings is 1. The molecule has 2 aromatic heterocycles. The van der Waals surface area contributed by atoms with Gasteiger partial charge in [-0.1, -0.05) is 19.4 Å². The summed E-state index contributed by atoms with van der Waals surface area (Å²) >= 11 is 0. The van der Waals surface area contributed by atoms with E-state index >= 15 is 0 Å². The van der Waals surface area contributed by atoms with Crippen molar-refractivity contribution in [2.45, 2.75) is 46.2 Å². The molecule has 0 radical (unpaired) electrons. The highest BCUT2D eigenvalue weighted by Gasteiger charge is 2.24. The predicted octanol–water partition coefficient (Wildman–Crippen LogP) is 2.91. The summed E-state index contributed by atoms with van der Waals surface area (Å²) in [6, 6.07) is 7.95. The molecular weight excluding hydrogens is 594 g/mol. The van der Waals surface area contributed by atoms with Crippen LogP contribution in [-0.4, -0.2) is 88.3 Å². The highest BCUT2D eigenvalue weighted by Crippen LogP contribution is 2.28. The number of aromatic amines is 1. The van der Waals surface area contributed by atoms with E-state index in [4.69, 9.17) is 0 Å². The number of rotatable bonds is 11. The average molecular weight is 638 g/mol. The van der Waals surface area contributed by atoms with Crippen LogP contribution in [0.4, 0.5) is 0 Å². The monoisotopic (exact) mass is 637 g/mol. The number of nitrogens with zero attached hydrogens (tertiary/aromatic N) is 4. The zero-order valence-corrected chi connectivity index (χ0v) is 27.4. The SMILES string of the molecule is CCCc1cc(C)[nH]c(=O)c1CNC(=O)c1cc(C2=CC=C(N3CCN(C)CC3)NC2)cc2c1ccn2CCCN1C(=O)C=CC1=O. The minimum Gasteiger partial charge on any atom is -0.368 e. The van der Waals surface area contributed by atoms with E-state index < -0.39 is 0 Å². The van der Waals surface area contributed by atoms with E-state index in [0.29, 0.717) is 37.2 Å². The Labute approximate surface area is 274 Å². The van der Waals surface area contributed by atoms with Crippen LogP contribution in [0.1, 0.15) is 52.5 Å². The molecule has 11 nitrogen and oxygen atoms in total. The summed E-state index contributed by atoms with van der Waals surface area (Å²) in [7, 11) is 2.14. The van der Waals surface area contributed by atoms with Gasteiger partial charge in [-0.15, -0.1) is 0 Å². The van der Waals surface area contributed by atoms with Crippen LogP contribution in [0.2, 0.25) is 0 Å². The number of fused-ring (bicyclic) bond motifs is 1. The first kappa shape index (κ1) is 32.1. The Morgan fingerprint density at radius 1 is 0.979 bits per heavy atom. The van der Waals surface area contributed by atoms with Crippen LogP contribution in [0, 0.1) is 6.92 Å². The Kier molecular flexibility index (Phi) is 9.44. The number of benzene rings is 1. The summed E-state index contributed by atoms with van der Waals surface area (Å²) in [4.78, 5) is 59.7. The fourth-order valence-electron chi connectivity index (χ4n) is 6.60. The Morgan fingerprint density at radius 3 is 2.45 bits per heavy atom. The molecule has 0 saturated carbocycles. The van der Waals surface area contributed by atoms with E-state index in [9.17, 15) is 19.2 Å². The van der Waals surface area contributed by atoms with Crippen LogP contribution in [0.3, 0.4) is 0 Å². The average Bonchev–Trinajstić information content (AvgIpc) is 3.62. The normalized spacial score (nSPS) is 16.9. The van der Waals surface area contributed by atoms with Crippen molar-refractivity contribution in [1.29, 1.82) is 0 Å². The second-order valence-electron chi connectivity index (χ2n) is 12.6. The first-order valence-electron chi connectivity index (χ1n) is 16.5. The summed E-state index contributed by atoms with van der Waals surface area (Å²) < 4.78 is 2.07. The number of nitrogens with one attached hydrogen (secondary N) is 3. The number of imide groups is 1. The molecule has 246 valence electrons. The maximum absolute atomic E-state index is 13.9. The van der Waals surface area contributed by atoms with Crippen LogP contribution in [0.25, 0.3) is 16.5 Å². The molecule has 0 unspecified atom stereocenters. The molecule has 3 amide bonds. The van der Waals surface area contributed by atoms with Gasteiger partial charge in [-0.2, -0.15) is 0 Å². The lowest BCUT2D eigenvalue weighted by Crippen LogP contribution is -2.47. The lowest BCUT2D eigenvalue weighted by atomic mass is 9.98. The summed E-state index contributed by atoms with van der Waals surface area (Å²) in [5, 5.41) is 7.42. The smallest absolute Gasteiger partial charge is 0.253 e. The third kappa shape index (κ3) is 6.95. The van der Waals surface area contributed by atoms with Crippen molar-refractivity contribution in [2.24, 2.45) is 0 Å². The van der Waals surface area contributed by atoms with Crippen molar-refractivity contribution in [3.8, 4) is 0 Å². The van der Waals surface area contributed by atoms with Crippen LogP contribution >= 0.6 is 0 Å². The molecule has 1 fully saturated rings. The van der Waals surface area contributed by atoms with Gasteiger partial charge >= 0.3 is 0 Å². The molecule has 3 aliphatic heterocycles. The molecule has 0 spiro atoms. The molecule has 0 bridgehead atoms. The standard InChI is InChI=1S/C36H43N7O4/c1-4-6-25-19-24(2)39-36(47)30(25)23-38-35(46)29-20-27(26-7-8-32(37-22-26)42-17-15-40(3)16-18-42)21-31-28(29)11-14-41(31)12-5-13-43-33(44)9-10-34(43)45/h7-11,14,19-21,37H,4-6,12-13,15-18,22-23H2,1-3H3,(H,38,46)(H,39,47). The number of amides is 3. The molecule has 3 aromatic rings. The predicted molar refractivity (Wildman–Crippen MR) is 183 cm³/mol. The molecular formula is C36H43N7O4. The zero-order chi connectivity index (χ0) is 33.1. The maximum Gasteiger partial charge on any atom is 0.253 e. The molecule has 11 heteroatoms. The first-order chi connectivity index (χ1) is 22.7. The number of piperazine rings is 1. The molecule has 1 aromatic carbocycles. The van der Waals surface area contributed by atoms with E-state index in [1.54, 1.807) is 0 Å². The Morgan fingerprint density at radius 2 is 1.74 bits per heavy atom. The third-order valence-corrected chi connectivity index (χ3v) is 9.24. The molecule has 3 N–H and O–H groups in total. The number of hydrogen-bond acceptors (Lipinski definition) is 7. The van der Waals surface area contributed by atoms with Gasteiger partial charge in [0, 0.05) is 98.4 Å². The summed E-state index contributed by atoms with van der Waals surface area (Å²) in [6.07, 6.45) is 11.0. The molecule has 3 aliphatic rings. The highest BCUT2D eigenvalue weighted by molar-refractivity contribution is 6.12. The third-order valence-electron chi connectivity index (χ3n) is 9.24. The topological polar surface area (TPSA) is 123 Å². The summed E-state index contributed by atoms with van der Waals surface area (Å²) in [6.45, 7) is 9.55. The molecule has 0 atom stereocenters. The number of hydrogen-bond donors (Lipinski definition) is 3. The number of H-pyrrole nitrogens is 1. The second kappa shape index (κ2) is 13.8. The number of aromatic nitrogens is 2. The molecule has 6 rings (SSSR count). The molecule has 5 heterocycles. The fraction of sp³-hybridized carbons (Fsp3) is 0.389. The van der Waals surface area contributed by atoms with E-state index in [0.717, 1.165) is 78.1 Å². The number of carbonyl (C=O) groups excluding carboxylic acids is 3. The van der Waals surface area contributed by atoms with Crippen LogP contribution < -0.4 is 16.2 Å². The van der Waals surface area contributed by atoms with Gasteiger partial charge in [0.25, 0.3) is 23.3 Å². The Hall–Kier alpha value is -4.90. The van der Waals surface area contributed by atoms with Gasteiger partial charge in [0.2, 0.25) is 0 Å². The van der Waals surface area contributed by atoms with E-state index in [1.807, 2.05) is 31.3 Å². The molecule has 1 saturated heterocycles.